The fraction of sp³-hybridized carbons (Fsp3) is 0.556. The molecule has 2 fully saturated rings. The summed E-state index contributed by atoms with van der Waals surface area (Å²) < 4.78 is 0. The van der Waals surface area contributed by atoms with Crippen LogP contribution in [0, 0.1) is 5.92 Å². The predicted octanol–water partition coefficient (Wildman–Crippen LogP) is 1.25. The summed E-state index contributed by atoms with van der Waals surface area (Å²) in [4.78, 5) is 26.5. The molecule has 3 rings (SSSR count). The third-order valence-corrected chi connectivity index (χ3v) is 4.83. The van der Waals surface area contributed by atoms with Crippen LogP contribution in [0.4, 0.5) is 0 Å². The maximum atomic E-state index is 12.5. The minimum atomic E-state index is -0.303. The number of rotatable bonds is 5. The first-order valence-corrected chi connectivity index (χ1v) is 8.53. The fourth-order valence-corrected chi connectivity index (χ4v) is 3.21. The van der Waals surface area contributed by atoms with E-state index in [-0.39, 0.29) is 23.8 Å². The van der Waals surface area contributed by atoms with E-state index in [0.717, 1.165) is 44.3 Å². The summed E-state index contributed by atoms with van der Waals surface area (Å²) in [5, 5.41) is 3.12. The van der Waals surface area contributed by atoms with Crippen LogP contribution in [0.3, 0.4) is 0 Å². The molecule has 124 valence electrons. The lowest BCUT2D eigenvalue weighted by Gasteiger charge is -2.33. The fourth-order valence-electron chi connectivity index (χ4n) is 3.21. The van der Waals surface area contributed by atoms with Crippen LogP contribution in [0.15, 0.2) is 30.3 Å². The molecule has 1 unspecified atom stereocenters. The van der Waals surface area contributed by atoms with Gasteiger partial charge in [0.25, 0.3) is 0 Å². The molecule has 0 bridgehead atoms. The number of likely N-dealkylation sites (tertiary alicyclic amines) is 1. The number of benzene rings is 1. The number of hydrogen-bond acceptors (Lipinski definition) is 3. The number of nitrogens with two attached hydrogens (primary N) is 1. The lowest BCUT2D eigenvalue weighted by Crippen LogP contribution is -2.48. The number of carbonyl (C=O) groups is 2. The molecule has 1 heterocycles. The van der Waals surface area contributed by atoms with Crippen molar-refractivity contribution < 1.29 is 9.59 Å². The molecular weight excluding hydrogens is 290 g/mol. The number of amides is 2. The monoisotopic (exact) mass is 315 g/mol. The first kappa shape index (κ1) is 16.0. The van der Waals surface area contributed by atoms with Gasteiger partial charge < -0.3 is 16.0 Å². The van der Waals surface area contributed by atoms with E-state index in [2.05, 4.69) is 5.32 Å². The van der Waals surface area contributed by atoms with Gasteiger partial charge in [0, 0.05) is 31.6 Å². The highest BCUT2D eigenvalue weighted by Gasteiger charge is 2.35. The quantitative estimate of drug-likeness (QED) is 0.858. The highest BCUT2D eigenvalue weighted by Crippen LogP contribution is 2.31. The van der Waals surface area contributed by atoms with E-state index in [9.17, 15) is 9.59 Å². The van der Waals surface area contributed by atoms with E-state index in [1.54, 1.807) is 0 Å². The average molecular weight is 315 g/mol. The smallest absolute Gasteiger partial charge is 0.229 e. The molecule has 1 saturated carbocycles. The Morgan fingerprint density at radius 3 is 2.35 bits per heavy atom. The van der Waals surface area contributed by atoms with Crippen molar-refractivity contribution in [2.24, 2.45) is 11.7 Å². The Labute approximate surface area is 137 Å². The van der Waals surface area contributed by atoms with Crippen molar-refractivity contribution >= 4 is 11.8 Å². The Morgan fingerprint density at radius 1 is 1.13 bits per heavy atom. The lowest BCUT2D eigenvalue weighted by molar-refractivity contribution is -0.133. The summed E-state index contributed by atoms with van der Waals surface area (Å²) in [5.41, 5.74) is 6.75. The molecule has 0 aromatic heterocycles. The van der Waals surface area contributed by atoms with Gasteiger partial charge in [-0.1, -0.05) is 30.3 Å². The number of hydrogen-bond donors (Lipinski definition) is 2. The normalized spacial score (nSPS) is 20.1. The molecule has 2 aliphatic rings. The Bertz CT molecular complexity index is 549. The molecule has 3 N–H and O–H groups in total. The molecule has 1 aromatic rings. The van der Waals surface area contributed by atoms with E-state index in [4.69, 9.17) is 5.73 Å². The molecule has 1 atom stereocenters. The van der Waals surface area contributed by atoms with Crippen molar-refractivity contribution in [3.63, 3.8) is 0 Å². The van der Waals surface area contributed by atoms with Gasteiger partial charge >= 0.3 is 0 Å². The van der Waals surface area contributed by atoms with Gasteiger partial charge in [-0.15, -0.1) is 0 Å². The summed E-state index contributed by atoms with van der Waals surface area (Å²) >= 11 is 0. The van der Waals surface area contributed by atoms with Gasteiger partial charge in [0.2, 0.25) is 11.8 Å². The molecule has 0 spiro atoms. The van der Waals surface area contributed by atoms with Gasteiger partial charge in [0.15, 0.2) is 0 Å². The second kappa shape index (κ2) is 7.13. The molecule has 23 heavy (non-hydrogen) atoms. The summed E-state index contributed by atoms with van der Waals surface area (Å²) in [6, 6.07) is 9.80. The van der Waals surface area contributed by atoms with Crippen LogP contribution in [0.5, 0.6) is 0 Å². The van der Waals surface area contributed by atoms with Crippen LogP contribution in [0.25, 0.3) is 0 Å². The van der Waals surface area contributed by atoms with Crippen molar-refractivity contribution in [1.82, 2.24) is 10.2 Å². The van der Waals surface area contributed by atoms with E-state index in [1.165, 1.54) is 0 Å². The second-order valence-corrected chi connectivity index (χ2v) is 6.58. The zero-order chi connectivity index (χ0) is 16.2. The van der Waals surface area contributed by atoms with Crippen LogP contribution in [-0.4, -0.2) is 42.4 Å². The number of nitrogens with zero attached hydrogens (tertiary/aromatic N) is 1. The summed E-state index contributed by atoms with van der Waals surface area (Å²) in [6.07, 6.45) is 3.75. The number of piperidine rings is 1. The van der Waals surface area contributed by atoms with Gasteiger partial charge in [0.05, 0.1) is 5.92 Å². The maximum absolute atomic E-state index is 12.5. The zero-order valence-electron chi connectivity index (χ0n) is 13.4. The number of nitrogens with one attached hydrogen (secondary N) is 1. The van der Waals surface area contributed by atoms with Crippen molar-refractivity contribution in [1.29, 1.82) is 0 Å². The molecule has 1 aromatic carbocycles. The Kier molecular flexibility index (Phi) is 4.96. The van der Waals surface area contributed by atoms with E-state index in [0.29, 0.717) is 12.5 Å². The Morgan fingerprint density at radius 2 is 1.78 bits per heavy atom. The molecule has 0 radical (unpaired) electrons. The average Bonchev–Trinajstić information content (AvgIpc) is 3.41. The van der Waals surface area contributed by atoms with Crippen LogP contribution in [0.2, 0.25) is 0 Å². The molecule has 1 saturated heterocycles. The van der Waals surface area contributed by atoms with E-state index < -0.39 is 0 Å². The van der Waals surface area contributed by atoms with Crippen molar-refractivity contribution in [2.75, 3.05) is 19.6 Å². The van der Waals surface area contributed by atoms with E-state index in [1.807, 2.05) is 35.2 Å². The third-order valence-electron chi connectivity index (χ3n) is 4.83. The second-order valence-electron chi connectivity index (χ2n) is 6.58. The molecule has 1 aliphatic carbocycles. The maximum Gasteiger partial charge on any atom is 0.229 e. The highest BCUT2D eigenvalue weighted by molar-refractivity contribution is 5.84. The first-order valence-electron chi connectivity index (χ1n) is 8.53. The van der Waals surface area contributed by atoms with Gasteiger partial charge in [-0.3, -0.25) is 9.59 Å². The standard InChI is InChI=1S/C18H25N3O2/c19-12-16(13-4-2-1-3-5-13)17(22)20-15-8-10-21(11-9-15)18(23)14-6-7-14/h1-5,14-16H,6-12,19H2,(H,20,22). The molecule has 2 amide bonds. The Balaban J connectivity index is 1.51. The van der Waals surface area contributed by atoms with Crippen molar-refractivity contribution in [2.45, 2.75) is 37.6 Å². The Hall–Kier alpha value is -1.88. The lowest BCUT2D eigenvalue weighted by atomic mass is 9.97. The van der Waals surface area contributed by atoms with Crippen molar-refractivity contribution in [3.8, 4) is 0 Å². The van der Waals surface area contributed by atoms with Crippen LogP contribution >= 0.6 is 0 Å². The van der Waals surface area contributed by atoms with Gasteiger partial charge in [-0.25, -0.2) is 0 Å². The third kappa shape index (κ3) is 3.91. The van der Waals surface area contributed by atoms with Crippen LogP contribution in [0.1, 0.15) is 37.2 Å². The largest absolute Gasteiger partial charge is 0.353 e. The highest BCUT2D eigenvalue weighted by atomic mass is 16.2. The zero-order valence-corrected chi connectivity index (χ0v) is 13.4. The van der Waals surface area contributed by atoms with Crippen LogP contribution < -0.4 is 11.1 Å². The minimum Gasteiger partial charge on any atom is -0.353 e. The topological polar surface area (TPSA) is 75.4 Å². The number of carbonyl (C=O) groups excluding carboxylic acids is 2. The van der Waals surface area contributed by atoms with E-state index >= 15 is 0 Å². The summed E-state index contributed by atoms with van der Waals surface area (Å²) in [6.45, 7) is 1.80. The molecule has 5 nitrogen and oxygen atoms in total. The van der Waals surface area contributed by atoms with Crippen molar-refractivity contribution in [3.05, 3.63) is 35.9 Å². The molecular formula is C18H25N3O2. The predicted molar refractivity (Wildman–Crippen MR) is 88.7 cm³/mol. The SMILES string of the molecule is NCC(C(=O)NC1CCN(C(=O)C2CC2)CC1)c1ccccc1. The van der Waals surface area contributed by atoms with Gasteiger partial charge in [-0.2, -0.15) is 0 Å². The molecule has 5 heteroatoms. The summed E-state index contributed by atoms with van der Waals surface area (Å²) in [7, 11) is 0. The summed E-state index contributed by atoms with van der Waals surface area (Å²) in [5.74, 6) is 0.271. The minimum absolute atomic E-state index is 0.00864. The molecule has 1 aliphatic heterocycles. The van der Waals surface area contributed by atoms with Crippen LogP contribution in [-0.2, 0) is 9.59 Å². The first-order chi connectivity index (χ1) is 11.2. The van der Waals surface area contributed by atoms with Gasteiger partial charge in [-0.05, 0) is 31.2 Å². The van der Waals surface area contributed by atoms with Gasteiger partial charge in [0.1, 0.15) is 0 Å².